The van der Waals surface area contributed by atoms with Crippen molar-refractivity contribution in [2.75, 3.05) is 31.5 Å². The molecule has 8 heteroatoms. The van der Waals surface area contributed by atoms with E-state index in [2.05, 4.69) is 38.9 Å². The van der Waals surface area contributed by atoms with Gasteiger partial charge >= 0.3 is 0 Å². The molecule has 3 unspecified atom stereocenters. The summed E-state index contributed by atoms with van der Waals surface area (Å²) >= 11 is 0. The fourth-order valence-corrected chi connectivity index (χ4v) is 4.38. The van der Waals surface area contributed by atoms with Gasteiger partial charge in [-0.05, 0) is 37.3 Å². The lowest BCUT2D eigenvalue weighted by Crippen LogP contribution is -2.49. The van der Waals surface area contributed by atoms with Crippen LogP contribution in [0.15, 0.2) is 48.0 Å². The maximum Gasteiger partial charge on any atom is 0.232 e. The molecule has 0 aliphatic carbocycles. The Morgan fingerprint density at radius 2 is 2.20 bits per heavy atom. The molecule has 1 amide bonds. The normalized spacial score (nSPS) is 23.5. The molecule has 1 saturated heterocycles. The lowest BCUT2D eigenvalue weighted by atomic mass is 9.93. The summed E-state index contributed by atoms with van der Waals surface area (Å²) < 4.78 is 2.21. The zero-order valence-corrected chi connectivity index (χ0v) is 20.0. The summed E-state index contributed by atoms with van der Waals surface area (Å²) in [6.45, 7) is 7.75. The van der Waals surface area contributed by atoms with Crippen LogP contribution in [0, 0.1) is 5.92 Å². The molecule has 162 valence electrons. The number of anilines is 1. The van der Waals surface area contributed by atoms with Crippen LogP contribution in [-0.4, -0.2) is 52.5 Å². The molecular weight excluding hydrogens is 491 g/mol. The van der Waals surface area contributed by atoms with Gasteiger partial charge < -0.3 is 20.1 Å². The van der Waals surface area contributed by atoms with Gasteiger partial charge in [0.05, 0.1) is 18.3 Å². The van der Waals surface area contributed by atoms with Crippen molar-refractivity contribution in [3.63, 3.8) is 0 Å². The second-order valence-corrected chi connectivity index (χ2v) is 7.94. The number of likely N-dealkylation sites (tertiary alicyclic amines) is 1. The van der Waals surface area contributed by atoms with Crippen molar-refractivity contribution in [2.45, 2.75) is 38.6 Å². The number of piperidine rings is 1. The zero-order valence-electron chi connectivity index (χ0n) is 17.6. The maximum atomic E-state index is 12.4. The highest BCUT2D eigenvalue weighted by Crippen LogP contribution is 2.34. The number of aliphatic imine (C=N–C) groups is 1. The number of rotatable bonds is 5. The number of guanidine groups is 1. The average molecular weight is 522 g/mol. The third-order valence-electron chi connectivity index (χ3n) is 6.05. The number of carbonyl (C=O) groups is 1. The Morgan fingerprint density at radius 1 is 1.37 bits per heavy atom. The van der Waals surface area contributed by atoms with Crippen LogP contribution in [0.5, 0.6) is 0 Å². The van der Waals surface area contributed by atoms with Crippen LogP contribution in [-0.2, 0) is 4.79 Å². The minimum Gasteiger partial charge on any atom is -0.357 e. The Balaban J connectivity index is 0.00000256. The van der Waals surface area contributed by atoms with Crippen LogP contribution in [0.1, 0.15) is 44.2 Å². The maximum absolute atomic E-state index is 12.4. The van der Waals surface area contributed by atoms with Gasteiger partial charge in [-0.3, -0.25) is 9.79 Å². The fraction of sp³-hybridized carbons (Fsp3) is 0.500. The number of imidazole rings is 1. The molecule has 0 bridgehead atoms. The highest BCUT2D eigenvalue weighted by molar-refractivity contribution is 14.0. The van der Waals surface area contributed by atoms with E-state index in [-0.39, 0.29) is 35.8 Å². The van der Waals surface area contributed by atoms with Crippen molar-refractivity contribution in [3.05, 3.63) is 48.5 Å². The Hall–Kier alpha value is -2.10. The molecule has 2 aliphatic rings. The summed E-state index contributed by atoms with van der Waals surface area (Å²) in [7, 11) is 0. The molecule has 2 aliphatic heterocycles. The van der Waals surface area contributed by atoms with Gasteiger partial charge in [-0.2, -0.15) is 0 Å². The summed E-state index contributed by atoms with van der Waals surface area (Å²) in [5.74, 6) is 1.51. The lowest BCUT2D eigenvalue weighted by Gasteiger charge is -2.39. The van der Waals surface area contributed by atoms with Crippen molar-refractivity contribution in [1.29, 1.82) is 0 Å². The van der Waals surface area contributed by atoms with Crippen LogP contribution < -0.4 is 10.6 Å². The van der Waals surface area contributed by atoms with Gasteiger partial charge in [-0.1, -0.05) is 25.1 Å². The van der Waals surface area contributed by atoms with Gasteiger partial charge in [-0.15, -0.1) is 24.0 Å². The van der Waals surface area contributed by atoms with Crippen LogP contribution in [0.2, 0.25) is 0 Å². The van der Waals surface area contributed by atoms with Crippen LogP contribution in [0.4, 0.5) is 5.69 Å². The minimum absolute atomic E-state index is 0. The van der Waals surface area contributed by atoms with Gasteiger partial charge in [0, 0.05) is 44.3 Å². The number of fused-ring (bicyclic) bond motifs is 1. The van der Waals surface area contributed by atoms with E-state index in [1.54, 1.807) is 0 Å². The summed E-state index contributed by atoms with van der Waals surface area (Å²) in [6.07, 6.45) is 7.63. The Kier molecular flexibility index (Phi) is 7.74. The van der Waals surface area contributed by atoms with Crippen molar-refractivity contribution in [1.82, 2.24) is 19.8 Å². The first kappa shape index (κ1) is 22.6. The van der Waals surface area contributed by atoms with Crippen molar-refractivity contribution < 1.29 is 4.79 Å². The number of nitrogens with one attached hydrogen (secondary N) is 2. The Morgan fingerprint density at radius 3 is 2.97 bits per heavy atom. The molecule has 1 aromatic carbocycles. The molecule has 2 aromatic rings. The first-order valence-electron chi connectivity index (χ1n) is 10.6. The number of nitrogens with zero attached hydrogens (tertiary/aromatic N) is 4. The molecule has 0 spiro atoms. The third kappa shape index (κ3) is 4.79. The van der Waals surface area contributed by atoms with E-state index >= 15 is 0 Å². The summed E-state index contributed by atoms with van der Waals surface area (Å²) in [5, 5.41) is 6.42. The van der Waals surface area contributed by atoms with E-state index in [1.807, 2.05) is 43.0 Å². The van der Waals surface area contributed by atoms with Crippen LogP contribution >= 0.6 is 24.0 Å². The molecule has 1 fully saturated rings. The number of hydrogen-bond acceptors (Lipinski definition) is 3. The molecule has 3 heterocycles. The number of para-hydroxylation sites is 1. The minimum atomic E-state index is -0.113. The van der Waals surface area contributed by atoms with Crippen LogP contribution in [0.3, 0.4) is 0 Å². The fourth-order valence-electron chi connectivity index (χ4n) is 4.38. The number of amides is 1. The number of aromatic nitrogens is 2. The quantitative estimate of drug-likeness (QED) is 0.359. The lowest BCUT2D eigenvalue weighted by molar-refractivity contribution is -0.117. The second-order valence-electron chi connectivity index (χ2n) is 7.94. The number of hydrogen-bond donors (Lipinski definition) is 2. The SMILES string of the molecule is CCNC(=NCCC1C(=O)Nc2ccccc21)N1CCC(C)C(n2ccnc2)C1.I. The van der Waals surface area contributed by atoms with E-state index in [0.29, 0.717) is 24.9 Å². The number of halogens is 1. The van der Waals surface area contributed by atoms with Gasteiger partial charge in [0.25, 0.3) is 0 Å². The van der Waals surface area contributed by atoms with Gasteiger partial charge in [-0.25, -0.2) is 4.98 Å². The predicted octanol–water partition coefficient (Wildman–Crippen LogP) is 3.48. The van der Waals surface area contributed by atoms with E-state index in [0.717, 1.165) is 43.3 Å². The Bertz CT molecular complexity index is 868. The van der Waals surface area contributed by atoms with Crippen LogP contribution in [0.25, 0.3) is 0 Å². The van der Waals surface area contributed by atoms with E-state index in [9.17, 15) is 4.79 Å². The number of benzene rings is 1. The van der Waals surface area contributed by atoms with Crippen molar-refractivity contribution in [3.8, 4) is 0 Å². The molecule has 0 saturated carbocycles. The first-order chi connectivity index (χ1) is 14.2. The first-order valence-corrected chi connectivity index (χ1v) is 10.6. The second kappa shape index (κ2) is 10.3. The highest BCUT2D eigenvalue weighted by Gasteiger charge is 2.31. The van der Waals surface area contributed by atoms with E-state index in [4.69, 9.17) is 4.99 Å². The Labute approximate surface area is 195 Å². The number of carbonyl (C=O) groups excluding carboxylic acids is 1. The summed E-state index contributed by atoms with van der Waals surface area (Å²) in [5.41, 5.74) is 2.02. The molecule has 3 atom stereocenters. The molecular formula is C22H31IN6O. The topological polar surface area (TPSA) is 74.6 Å². The smallest absolute Gasteiger partial charge is 0.232 e. The third-order valence-corrected chi connectivity index (χ3v) is 6.05. The van der Waals surface area contributed by atoms with Gasteiger partial charge in [0.2, 0.25) is 5.91 Å². The van der Waals surface area contributed by atoms with Gasteiger partial charge in [0.15, 0.2) is 5.96 Å². The predicted molar refractivity (Wildman–Crippen MR) is 130 cm³/mol. The molecule has 0 radical (unpaired) electrons. The van der Waals surface area contributed by atoms with Crippen molar-refractivity contribution >= 4 is 41.5 Å². The largest absolute Gasteiger partial charge is 0.357 e. The molecule has 1 aromatic heterocycles. The highest BCUT2D eigenvalue weighted by atomic mass is 127. The summed E-state index contributed by atoms with van der Waals surface area (Å²) in [4.78, 5) is 23.8. The molecule has 4 rings (SSSR count). The van der Waals surface area contributed by atoms with E-state index < -0.39 is 0 Å². The van der Waals surface area contributed by atoms with Crippen molar-refractivity contribution in [2.24, 2.45) is 10.9 Å². The monoisotopic (exact) mass is 522 g/mol. The average Bonchev–Trinajstić information content (AvgIpc) is 3.36. The molecule has 30 heavy (non-hydrogen) atoms. The molecule has 7 nitrogen and oxygen atoms in total. The van der Waals surface area contributed by atoms with Gasteiger partial charge in [0.1, 0.15) is 0 Å². The summed E-state index contributed by atoms with van der Waals surface area (Å²) in [6, 6.07) is 8.34. The van der Waals surface area contributed by atoms with E-state index in [1.165, 1.54) is 0 Å². The standard InChI is InChI=1S/C22H30N6O.HI/c1-3-24-22(27-12-9-16(2)20(14-27)28-13-11-23-15-28)25-10-8-18-17-6-4-5-7-19(17)26-21(18)29;/h4-7,11,13,15-16,18,20H,3,8-10,12,14H2,1-2H3,(H,24,25)(H,26,29);1H. The molecule has 2 N–H and O–H groups in total. The zero-order chi connectivity index (χ0) is 20.2.